The van der Waals surface area contributed by atoms with E-state index >= 15 is 0 Å². The molecule has 1 aliphatic carbocycles. The molecule has 0 saturated heterocycles. The van der Waals surface area contributed by atoms with Crippen LogP contribution >= 0.6 is 0 Å². The van der Waals surface area contributed by atoms with Crippen LogP contribution < -0.4 is 5.32 Å². The standard InChI is InChI=1S/C19H27NO3/c1-13(2)11-17(23-12-15-7-5-4-6-8-15)19(22)20-18-14(3)9-10-16(18)21/h4-8,13-14,17-18H,9-12H2,1-3H3,(H,20,22)/t14-,17-,18-/m0/s1. The van der Waals surface area contributed by atoms with E-state index in [2.05, 4.69) is 19.2 Å². The summed E-state index contributed by atoms with van der Waals surface area (Å²) in [6.07, 6.45) is 1.54. The highest BCUT2D eigenvalue weighted by Crippen LogP contribution is 2.22. The van der Waals surface area contributed by atoms with Crippen molar-refractivity contribution in [1.82, 2.24) is 5.32 Å². The Bertz CT molecular complexity index is 527. The Morgan fingerprint density at radius 3 is 2.57 bits per heavy atom. The van der Waals surface area contributed by atoms with Crippen molar-refractivity contribution in [1.29, 1.82) is 0 Å². The summed E-state index contributed by atoms with van der Waals surface area (Å²) in [5.41, 5.74) is 1.04. The molecule has 0 bridgehead atoms. The van der Waals surface area contributed by atoms with Crippen LogP contribution in [0.4, 0.5) is 0 Å². The van der Waals surface area contributed by atoms with Gasteiger partial charge in [0.05, 0.1) is 12.6 Å². The van der Waals surface area contributed by atoms with Gasteiger partial charge in [-0.2, -0.15) is 0 Å². The van der Waals surface area contributed by atoms with E-state index in [0.29, 0.717) is 25.4 Å². The lowest BCUT2D eigenvalue weighted by molar-refractivity contribution is -0.137. The minimum atomic E-state index is -0.518. The molecule has 0 heterocycles. The second-order valence-electron chi connectivity index (χ2n) is 6.88. The molecule has 0 radical (unpaired) electrons. The van der Waals surface area contributed by atoms with Gasteiger partial charge < -0.3 is 10.1 Å². The van der Waals surface area contributed by atoms with Crippen LogP contribution in [0.25, 0.3) is 0 Å². The number of hydrogen-bond donors (Lipinski definition) is 1. The van der Waals surface area contributed by atoms with Gasteiger partial charge in [-0.3, -0.25) is 9.59 Å². The molecule has 0 unspecified atom stereocenters. The Morgan fingerprint density at radius 1 is 1.30 bits per heavy atom. The third-order valence-corrected chi connectivity index (χ3v) is 4.33. The van der Waals surface area contributed by atoms with E-state index in [-0.39, 0.29) is 23.7 Å². The predicted octanol–water partition coefficient (Wildman–Crippen LogP) is 3.10. The van der Waals surface area contributed by atoms with Crippen LogP contribution in [-0.2, 0) is 20.9 Å². The van der Waals surface area contributed by atoms with Crippen LogP contribution in [0.2, 0.25) is 0 Å². The lowest BCUT2D eigenvalue weighted by Gasteiger charge is -2.23. The van der Waals surface area contributed by atoms with Crippen LogP contribution in [0.5, 0.6) is 0 Å². The van der Waals surface area contributed by atoms with Gasteiger partial charge in [-0.25, -0.2) is 0 Å². The number of carbonyl (C=O) groups is 2. The van der Waals surface area contributed by atoms with E-state index in [1.165, 1.54) is 0 Å². The minimum absolute atomic E-state index is 0.136. The topological polar surface area (TPSA) is 55.4 Å². The fraction of sp³-hybridized carbons (Fsp3) is 0.579. The van der Waals surface area contributed by atoms with Crippen molar-refractivity contribution in [2.24, 2.45) is 11.8 Å². The molecule has 1 aromatic carbocycles. The van der Waals surface area contributed by atoms with Crippen molar-refractivity contribution in [3.8, 4) is 0 Å². The van der Waals surface area contributed by atoms with Gasteiger partial charge in [0, 0.05) is 6.42 Å². The number of ketones is 1. The van der Waals surface area contributed by atoms with Gasteiger partial charge in [0.15, 0.2) is 5.78 Å². The summed E-state index contributed by atoms with van der Waals surface area (Å²) in [5, 5.41) is 2.91. The molecule has 23 heavy (non-hydrogen) atoms. The first-order chi connectivity index (χ1) is 11.0. The monoisotopic (exact) mass is 317 g/mol. The van der Waals surface area contributed by atoms with Crippen LogP contribution in [-0.4, -0.2) is 23.8 Å². The van der Waals surface area contributed by atoms with Gasteiger partial charge in [0.2, 0.25) is 5.91 Å². The SMILES string of the molecule is CC(C)C[C@H](OCc1ccccc1)C(=O)N[C@@H]1C(=O)CC[C@@H]1C. The molecule has 1 N–H and O–H groups in total. The molecule has 2 rings (SSSR count). The molecule has 1 fully saturated rings. The number of rotatable bonds is 7. The molecule has 0 aliphatic heterocycles. The largest absolute Gasteiger partial charge is 0.364 e. The lowest BCUT2D eigenvalue weighted by atomic mass is 10.0. The number of ether oxygens (including phenoxy) is 1. The van der Waals surface area contributed by atoms with E-state index in [9.17, 15) is 9.59 Å². The quantitative estimate of drug-likeness (QED) is 0.841. The second kappa shape index (κ2) is 8.25. The van der Waals surface area contributed by atoms with Gasteiger partial charge in [0.25, 0.3) is 0 Å². The number of hydrogen-bond acceptors (Lipinski definition) is 3. The van der Waals surface area contributed by atoms with Crippen LogP contribution in [0.3, 0.4) is 0 Å². The number of nitrogens with one attached hydrogen (secondary N) is 1. The second-order valence-corrected chi connectivity index (χ2v) is 6.88. The van der Waals surface area contributed by atoms with Crippen molar-refractivity contribution in [3.05, 3.63) is 35.9 Å². The van der Waals surface area contributed by atoms with Crippen molar-refractivity contribution >= 4 is 11.7 Å². The Labute approximate surface area is 138 Å². The fourth-order valence-corrected chi connectivity index (χ4v) is 2.93. The molecular weight excluding hydrogens is 290 g/mol. The van der Waals surface area contributed by atoms with Crippen molar-refractivity contribution in [3.63, 3.8) is 0 Å². The van der Waals surface area contributed by atoms with Crippen LogP contribution in [0.1, 0.15) is 45.6 Å². The molecule has 3 atom stereocenters. The van der Waals surface area contributed by atoms with Gasteiger partial charge >= 0.3 is 0 Å². The first kappa shape index (κ1) is 17.7. The zero-order valence-electron chi connectivity index (χ0n) is 14.2. The summed E-state index contributed by atoms with van der Waals surface area (Å²) < 4.78 is 5.86. The summed E-state index contributed by atoms with van der Waals surface area (Å²) in [7, 11) is 0. The van der Waals surface area contributed by atoms with Crippen LogP contribution in [0.15, 0.2) is 30.3 Å². The molecule has 0 aromatic heterocycles. The fourth-order valence-electron chi connectivity index (χ4n) is 2.93. The highest BCUT2D eigenvalue weighted by atomic mass is 16.5. The summed E-state index contributed by atoms with van der Waals surface area (Å²) in [5.74, 6) is 0.525. The molecule has 1 amide bonds. The Kier molecular flexibility index (Phi) is 6.34. The third kappa shape index (κ3) is 5.17. The smallest absolute Gasteiger partial charge is 0.249 e. The molecule has 0 spiro atoms. The first-order valence-corrected chi connectivity index (χ1v) is 8.46. The van der Waals surface area contributed by atoms with E-state index < -0.39 is 6.10 Å². The maximum Gasteiger partial charge on any atom is 0.249 e. The van der Waals surface area contributed by atoms with Crippen molar-refractivity contribution < 1.29 is 14.3 Å². The number of amides is 1. The summed E-state index contributed by atoms with van der Waals surface area (Å²) in [6, 6.07) is 9.47. The summed E-state index contributed by atoms with van der Waals surface area (Å²) in [6.45, 7) is 6.54. The van der Waals surface area contributed by atoms with E-state index in [1.807, 2.05) is 37.3 Å². The molecule has 1 aromatic rings. The van der Waals surface area contributed by atoms with Gasteiger partial charge in [-0.1, -0.05) is 51.1 Å². The molecule has 4 nitrogen and oxygen atoms in total. The number of carbonyl (C=O) groups excluding carboxylic acids is 2. The van der Waals surface area contributed by atoms with Gasteiger partial charge in [0.1, 0.15) is 6.10 Å². The van der Waals surface area contributed by atoms with Crippen molar-refractivity contribution in [2.45, 2.75) is 58.8 Å². The van der Waals surface area contributed by atoms with Gasteiger partial charge in [-0.05, 0) is 30.2 Å². The van der Waals surface area contributed by atoms with E-state index in [4.69, 9.17) is 4.74 Å². The maximum atomic E-state index is 12.6. The van der Waals surface area contributed by atoms with Crippen LogP contribution in [0, 0.1) is 11.8 Å². The molecular formula is C19H27NO3. The number of benzene rings is 1. The first-order valence-electron chi connectivity index (χ1n) is 8.46. The molecule has 1 aliphatic rings. The molecule has 126 valence electrons. The highest BCUT2D eigenvalue weighted by molar-refractivity contribution is 5.92. The maximum absolute atomic E-state index is 12.6. The zero-order valence-corrected chi connectivity index (χ0v) is 14.2. The summed E-state index contributed by atoms with van der Waals surface area (Å²) in [4.78, 5) is 24.4. The lowest BCUT2D eigenvalue weighted by Crippen LogP contribution is -2.46. The predicted molar refractivity (Wildman–Crippen MR) is 89.8 cm³/mol. The van der Waals surface area contributed by atoms with Crippen molar-refractivity contribution in [2.75, 3.05) is 0 Å². The summed E-state index contributed by atoms with van der Waals surface area (Å²) >= 11 is 0. The Hall–Kier alpha value is -1.68. The average molecular weight is 317 g/mol. The Balaban J connectivity index is 1.96. The normalized spacial score (nSPS) is 22.3. The van der Waals surface area contributed by atoms with E-state index in [0.717, 1.165) is 12.0 Å². The minimum Gasteiger partial charge on any atom is -0.364 e. The third-order valence-electron chi connectivity index (χ3n) is 4.33. The average Bonchev–Trinajstić information content (AvgIpc) is 2.84. The number of Topliss-reactive ketones (excluding diaryl/α,β-unsaturated/α-hetero) is 1. The van der Waals surface area contributed by atoms with E-state index in [1.54, 1.807) is 0 Å². The molecule has 1 saturated carbocycles. The molecule has 4 heteroatoms. The van der Waals surface area contributed by atoms with Gasteiger partial charge in [-0.15, -0.1) is 0 Å². The Morgan fingerprint density at radius 2 is 2.00 bits per heavy atom. The highest BCUT2D eigenvalue weighted by Gasteiger charge is 2.34. The zero-order chi connectivity index (χ0) is 16.8.